The van der Waals surface area contributed by atoms with Crippen LogP contribution in [-0.4, -0.2) is 59.4 Å². The number of carbonyl (C=O) groups excluding carboxylic acids is 1. The molecule has 0 aliphatic carbocycles. The van der Waals surface area contributed by atoms with Crippen molar-refractivity contribution in [3.63, 3.8) is 0 Å². The standard InChI is InChI=1S/C16H26N4O4/c1-5-24-14-10-12(6-7-13(14)23-4)20-16(17-2)19-11-15(21)18-8-9-22-3/h6-7,10H,5,8-9,11H2,1-4H3,(H,18,21)(H2,17,19,20). The van der Waals surface area contributed by atoms with Crippen molar-refractivity contribution in [1.29, 1.82) is 0 Å². The number of nitrogens with one attached hydrogen (secondary N) is 3. The number of carbonyl (C=O) groups is 1. The van der Waals surface area contributed by atoms with Crippen LogP contribution in [0.1, 0.15) is 6.92 Å². The molecule has 0 saturated heterocycles. The molecule has 0 heterocycles. The average Bonchev–Trinajstić information content (AvgIpc) is 2.59. The summed E-state index contributed by atoms with van der Waals surface area (Å²) >= 11 is 0. The van der Waals surface area contributed by atoms with Crippen molar-refractivity contribution in [3.05, 3.63) is 18.2 Å². The molecule has 24 heavy (non-hydrogen) atoms. The number of rotatable bonds is 9. The van der Waals surface area contributed by atoms with Crippen LogP contribution in [0.5, 0.6) is 11.5 Å². The Kier molecular flexibility index (Phi) is 9.06. The molecule has 3 N–H and O–H groups in total. The van der Waals surface area contributed by atoms with E-state index in [4.69, 9.17) is 14.2 Å². The number of guanidine groups is 1. The summed E-state index contributed by atoms with van der Waals surface area (Å²) in [6.07, 6.45) is 0. The van der Waals surface area contributed by atoms with E-state index in [1.54, 1.807) is 27.3 Å². The minimum atomic E-state index is -0.139. The van der Waals surface area contributed by atoms with Crippen LogP contribution in [0.4, 0.5) is 5.69 Å². The fraction of sp³-hybridized carbons (Fsp3) is 0.500. The van der Waals surface area contributed by atoms with Crippen LogP contribution < -0.4 is 25.4 Å². The number of nitrogens with zero attached hydrogens (tertiary/aromatic N) is 1. The van der Waals surface area contributed by atoms with Gasteiger partial charge in [-0.15, -0.1) is 0 Å². The first-order valence-corrected chi connectivity index (χ1v) is 7.68. The zero-order valence-corrected chi connectivity index (χ0v) is 14.6. The second kappa shape index (κ2) is 11.1. The number of anilines is 1. The molecule has 0 radical (unpaired) electrons. The zero-order chi connectivity index (χ0) is 17.8. The summed E-state index contributed by atoms with van der Waals surface area (Å²) in [4.78, 5) is 15.8. The van der Waals surface area contributed by atoms with Crippen LogP contribution in [0.2, 0.25) is 0 Å². The summed E-state index contributed by atoms with van der Waals surface area (Å²) in [6, 6.07) is 5.46. The third-order valence-corrected chi connectivity index (χ3v) is 2.99. The quantitative estimate of drug-likeness (QED) is 0.351. The highest BCUT2D eigenvalue weighted by atomic mass is 16.5. The second-order valence-electron chi connectivity index (χ2n) is 4.69. The molecule has 8 nitrogen and oxygen atoms in total. The summed E-state index contributed by atoms with van der Waals surface area (Å²) in [6.45, 7) is 3.50. The van der Waals surface area contributed by atoms with Crippen LogP contribution in [0, 0.1) is 0 Å². The van der Waals surface area contributed by atoms with Gasteiger partial charge >= 0.3 is 0 Å². The van der Waals surface area contributed by atoms with Gasteiger partial charge in [0.05, 0.1) is 26.9 Å². The van der Waals surface area contributed by atoms with Gasteiger partial charge in [0.25, 0.3) is 0 Å². The average molecular weight is 338 g/mol. The van der Waals surface area contributed by atoms with Gasteiger partial charge in [-0.3, -0.25) is 9.79 Å². The maximum absolute atomic E-state index is 11.7. The number of amides is 1. The smallest absolute Gasteiger partial charge is 0.239 e. The monoisotopic (exact) mass is 338 g/mol. The first kappa shape index (κ1) is 19.6. The Labute approximate surface area is 142 Å². The van der Waals surface area contributed by atoms with E-state index in [-0.39, 0.29) is 12.5 Å². The summed E-state index contributed by atoms with van der Waals surface area (Å²) in [7, 11) is 4.81. The Morgan fingerprint density at radius 1 is 1.21 bits per heavy atom. The summed E-state index contributed by atoms with van der Waals surface area (Å²) in [5, 5.41) is 8.76. The maximum atomic E-state index is 11.7. The van der Waals surface area contributed by atoms with Crippen LogP contribution in [0.15, 0.2) is 23.2 Å². The van der Waals surface area contributed by atoms with Gasteiger partial charge in [-0.05, 0) is 19.1 Å². The Balaban J connectivity index is 2.59. The Hall–Kier alpha value is -2.48. The van der Waals surface area contributed by atoms with E-state index in [9.17, 15) is 4.79 Å². The van der Waals surface area contributed by atoms with E-state index in [1.807, 2.05) is 19.1 Å². The summed E-state index contributed by atoms with van der Waals surface area (Å²) in [5.41, 5.74) is 0.771. The van der Waals surface area contributed by atoms with Gasteiger partial charge in [-0.25, -0.2) is 0 Å². The first-order valence-electron chi connectivity index (χ1n) is 7.68. The van der Waals surface area contributed by atoms with Crippen LogP contribution >= 0.6 is 0 Å². The number of ether oxygens (including phenoxy) is 3. The minimum absolute atomic E-state index is 0.109. The van der Waals surface area contributed by atoms with Crippen molar-refractivity contribution in [2.75, 3.05) is 52.9 Å². The summed E-state index contributed by atoms with van der Waals surface area (Å²) < 4.78 is 15.7. The van der Waals surface area contributed by atoms with E-state index >= 15 is 0 Å². The molecular weight excluding hydrogens is 312 g/mol. The van der Waals surface area contributed by atoms with Crippen molar-refractivity contribution in [2.45, 2.75) is 6.92 Å². The van der Waals surface area contributed by atoms with Crippen molar-refractivity contribution in [2.24, 2.45) is 4.99 Å². The molecule has 1 rings (SSSR count). The van der Waals surface area contributed by atoms with Gasteiger partial charge in [0.2, 0.25) is 5.91 Å². The van der Waals surface area contributed by atoms with Crippen LogP contribution in [-0.2, 0) is 9.53 Å². The highest BCUT2D eigenvalue weighted by molar-refractivity contribution is 5.96. The molecule has 0 bridgehead atoms. The second-order valence-corrected chi connectivity index (χ2v) is 4.69. The Morgan fingerprint density at radius 3 is 2.62 bits per heavy atom. The summed E-state index contributed by atoms with van der Waals surface area (Å²) in [5.74, 6) is 1.63. The molecule has 1 aromatic carbocycles. The zero-order valence-electron chi connectivity index (χ0n) is 14.6. The molecule has 134 valence electrons. The lowest BCUT2D eigenvalue weighted by Crippen LogP contribution is -2.40. The SMILES string of the molecule is CCOc1cc(NC(=NC)NCC(=O)NCCOC)ccc1OC. The van der Waals surface area contributed by atoms with Crippen LogP contribution in [0.3, 0.4) is 0 Å². The number of benzene rings is 1. The molecule has 0 atom stereocenters. The van der Waals surface area contributed by atoms with E-state index in [2.05, 4.69) is 20.9 Å². The highest BCUT2D eigenvalue weighted by Crippen LogP contribution is 2.30. The highest BCUT2D eigenvalue weighted by Gasteiger charge is 2.08. The third-order valence-electron chi connectivity index (χ3n) is 2.99. The molecule has 0 spiro atoms. The molecule has 1 amide bonds. The van der Waals surface area contributed by atoms with Crippen molar-refractivity contribution < 1.29 is 19.0 Å². The van der Waals surface area contributed by atoms with Crippen molar-refractivity contribution in [1.82, 2.24) is 10.6 Å². The topological polar surface area (TPSA) is 93.2 Å². The van der Waals surface area contributed by atoms with E-state index in [0.29, 0.717) is 37.2 Å². The van der Waals surface area contributed by atoms with E-state index in [1.165, 1.54) is 0 Å². The fourth-order valence-corrected chi connectivity index (χ4v) is 1.86. The van der Waals surface area contributed by atoms with Gasteiger partial charge in [0.15, 0.2) is 17.5 Å². The van der Waals surface area contributed by atoms with E-state index < -0.39 is 0 Å². The van der Waals surface area contributed by atoms with Crippen molar-refractivity contribution >= 4 is 17.6 Å². The maximum Gasteiger partial charge on any atom is 0.239 e. The molecule has 8 heteroatoms. The molecule has 1 aromatic rings. The largest absolute Gasteiger partial charge is 0.493 e. The van der Waals surface area contributed by atoms with Gasteiger partial charge in [-0.1, -0.05) is 0 Å². The first-order chi connectivity index (χ1) is 11.6. The van der Waals surface area contributed by atoms with Gasteiger partial charge in [-0.2, -0.15) is 0 Å². The molecule has 0 unspecified atom stereocenters. The Morgan fingerprint density at radius 2 is 2.00 bits per heavy atom. The number of hydrogen-bond donors (Lipinski definition) is 3. The molecule has 0 saturated carbocycles. The third kappa shape index (κ3) is 6.74. The van der Waals surface area contributed by atoms with Gasteiger partial charge < -0.3 is 30.2 Å². The lowest BCUT2D eigenvalue weighted by atomic mass is 10.2. The predicted octanol–water partition coefficient (Wildman–Crippen LogP) is 0.844. The molecule has 0 aliphatic rings. The van der Waals surface area contributed by atoms with E-state index in [0.717, 1.165) is 5.69 Å². The van der Waals surface area contributed by atoms with Gasteiger partial charge in [0, 0.05) is 32.5 Å². The molecular formula is C16H26N4O4. The fourth-order valence-electron chi connectivity index (χ4n) is 1.86. The number of aliphatic imine (C=N–C) groups is 1. The van der Waals surface area contributed by atoms with Gasteiger partial charge in [0.1, 0.15) is 0 Å². The minimum Gasteiger partial charge on any atom is -0.493 e. The lowest BCUT2D eigenvalue weighted by Gasteiger charge is -2.14. The number of methoxy groups -OCH3 is 2. The molecule has 0 aromatic heterocycles. The normalized spacial score (nSPS) is 10.9. The predicted molar refractivity (Wildman–Crippen MR) is 94.0 cm³/mol. The molecule has 0 aliphatic heterocycles. The van der Waals surface area contributed by atoms with Crippen molar-refractivity contribution in [3.8, 4) is 11.5 Å². The lowest BCUT2D eigenvalue weighted by molar-refractivity contribution is -0.120. The number of hydrogen-bond acceptors (Lipinski definition) is 5. The Bertz CT molecular complexity index is 549. The molecule has 0 fully saturated rings. The van der Waals surface area contributed by atoms with Crippen LogP contribution in [0.25, 0.3) is 0 Å².